The van der Waals surface area contributed by atoms with E-state index < -0.39 is 78.1 Å². The Kier molecular flexibility index (Phi) is 12.0. The summed E-state index contributed by atoms with van der Waals surface area (Å²) in [5.41, 5.74) is 1.25. The van der Waals surface area contributed by atoms with Gasteiger partial charge in [0.1, 0.15) is 36.8 Å². The van der Waals surface area contributed by atoms with E-state index in [1.165, 1.54) is 12.0 Å². The zero-order valence-corrected chi connectivity index (χ0v) is 28.5. The fraction of sp³-hybridized carbons (Fsp3) is 0.559. The Hall–Kier alpha value is -4.95. The summed E-state index contributed by atoms with van der Waals surface area (Å²) >= 11 is 0. The summed E-state index contributed by atoms with van der Waals surface area (Å²) in [4.78, 5) is 94.3. The Labute approximate surface area is 284 Å². The van der Waals surface area contributed by atoms with Gasteiger partial charge < -0.3 is 40.6 Å². The van der Waals surface area contributed by atoms with Crippen molar-refractivity contribution < 1.29 is 43.4 Å². The van der Waals surface area contributed by atoms with Gasteiger partial charge in [-0.15, -0.1) is 0 Å². The maximum atomic E-state index is 14.1. The molecule has 15 heteroatoms. The van der Waals surface area contributed by atoms with Gasteiger partial charge in [-0.05, 0) is 42.7 Å². The minimum Gasteiger partial charge on any atom is -0.481 e. The second kappa shape index (κ2) is 16.0. The molecule has 49 heavy (non-hydrogen) atoms. The van der Waals surface area contributed by atoms with Gasteiger partial charge in [0.25, 0.3) is 0 Å². The van der Waals surface area contributed by atoms with E-state index in [9.17, 15) is 38.7 Å². The van der Waals surface area contributed by atoms with Crippen LogP contribution in [-0.4, -0.2) is 99.9 Å². The maximum Gasteiger partial charge on any atom is 0.325 e. The van der Waals surface area contributed by atoms with Crippen molar-refractivity contribution in [2.24, 2.45) is 11.8 Å². The Morgan fingerprint density at radius 1 is 0.898 bits per heavy atom. The highest BCUT2D eigenvalue weighted by Gasteiger charge is 2.41. The highest BCUT2D eigenvalue weighted by Crippen LogP contribution is 2.24. The number of hydrogen-bond donors (Lipinski definition) is 5. The fourth-order valence-electron chi connectivity index (χ4n) is 6.42. The lowest BCUT2D eigenvalue weighted by molar-refractivity contribution is -0.146. The third-order valence-electron chi connectivity index (χ3n) is 8.87. The topological polar surface area (TPSA) is 205 Å². The largest absolute Gasteiger partial charge is 0.481 e. The van der Waals surface area contributed by atoms with Crippen molar-refractivity contribution in [1.82, 2.24) is 30.7 Å². The summed E-state index contributed by atoms with van der Waals surface area (Å²) in [6.07, 6.45) is 1.75. The van der Waals surface area contributed by atoms with E-state index in [4.69, 9.17) is 4.74 Å². The van der Waals surface area contributed by atoms with Crippen LogP contribution in [0.2, 0.25) is 0 Å². The average molecular weight is 683 g/mol. The molecular weight excluding hydrogens is 636 g/mol. The van der Waals surface area contributed by atoms with Crippen LogP contribution >= 0.6 is 0 Å². The Balaban J connectivity index is 1.80. The predicted molar refractivity (Wildman–Crippen MR) is 177 cm³/mol. The number of nitrogens with zero attached hydrogens (tertiary/aromatic N) is 2. The first-order chi connectivity index (χ1) is 23.2. The van der Waals surface area contributed by atoms with Gasteiger partial charge in [-0.2, -0.15) is 0 Å². The lowest BCUT2D eigenvalue weighted by Crippen LogP contribution is -2.59. The minimum atomic E-state index is -1.55. The number of ether oxygens (including phenoxy) is 1. The van der Waals surface area contributed by atoms with Gasteiger partial charge >= 0.3 is 11.9 Å². The number of aromatic nitrogens is 1. The van der Waals surface area contributed by atoms with E-state index in [0.29, 0.717) is 22.9 Å². The van der Waals surface area contributed by atoms with Crippen molar-refractivity contribution in [2.75, 3.05) is 13.7 Å². The first-order valence-corrected chi connectivity index (χ1v) is 16.6. The van der Waals surface area contributed by atoms with Crippen molar-refractivity contribution in [3.05, 3.63) is 36.0 Å². The number of amides is 5. The number of esters is 1. The Morgan fingerprint density at radius 3 is 2.20 bits per heavy atom. The van der Waals surface area contributed by atoms with Gasteiger partial charge in [0.2, 0.25) is 29.5 Å². The van der Waals surface area contributed by atoms with Gasteiger partial charge in [-0.1, -0.05) is 45.9 Å². The molecule has 0 spiro atoms. The quantitative estimate of drug-likeness (QED) is 0.233. The second-order valence-corrected chi connectivity index (χ2v) is 13.4. The number of rotatable bonds is 9. The number of carboxylic acid groups (broad SMARTS) is 1. The van der Waals surface area contributed by atoms with Gasteiger partial charge in [0.15, 0.2) is 0 Å². The van der Waals surface area contributed by atoms with Crippen molar-refractivity contribution in [2.45, 2.75) is 96.6 Å². The van der Waals surface area contributed by atoms with Gasteiger partial charge in [0, 0.05) is 30.1 Å². The molecule has 1 aromatic heterocycles. The number of nitrogens with one attached hydrogen (secondary N) is 4. The first-order valence-electron chi connectivity index (χ1n) is 16.6. The van der Waals surface area contributed by atoms with Crippen molar-refractivity contribution in [3.63, 3.8) is 0 Å². The molecular formula is C34H46N6O9. The zero-order chi connectivity index (χ0) is 36.0. The number of carbonyl (C=O) groups excluding carboxylic acids is 6. The van der Waals surface area contributed by atoms with E-state index >= 15 is 0 Å². The van der Waals surface area contributed by atoms with Gasteiger partial charge in [-0.25, -0.2) is 0 Å². The molecule has 2 aromatic rings. The highest BCUT2D eigenvalue weighted by molar-refractivity contribution is 5.99. The summed E-state index contributed by atoms with van der Waals surface area (Å²) in [5.74, 6) is -5.73. The number of benzene rings is 1. The van der Waals surface area contributed by atoms with E-state index in [-0.39, 0.29) is 44.2 Å². The molecule has 266 valence electrons. The summed E-state index contributed by atoms with van der Waals surface area (Å²) in [5, 5.41) is 21.2. The number of methoxy groups -OCH3 is 1. The number of carbonyl (C=O) groups is 7. The molecule has 1 aromatic carbocycles. The van der Waals surface area contributed by atoms with Gasteiger partial charge in [-0.3, -0.25) is 33.6 Å². The monoisotopic (exact) mass is 682 g/mol. The molecule has 3 heterocycles. The SMILES string of the molecule is COC(=O)Cn1cc(C[C@H]2NC(=O)[C@H](CC(C)C)NC(=O)[C@@H](C(C)C)NC(=O)[C@@H]3CCCN3C(=O)[C@@H](CC(=O)O)NC2=O)c2ccccc21. The molecule has 2 saturated heterocycles. The number of aliphatic carboxylic acids is 1. The van der Waals surface area contributed by atoms with Crippen LogP contribution in [0, 0.1) is 11.8 Å². The molecule has 2 aliphatic heterocycles. The number of hydrogen-bond acceptors (Lipinski definition) is 8. The lowest BCUT2D eigenvalue weighted by atomic mass is 9.98. The van der Waals surface area contributed by atoms with Crippen LogP contribution < -0.4 is 21.3 Å². The predicted octanol–water partition coefficient (Wildman–Crippen LogP) is 0.477. The Morgan fingerprint density at radius 2 is 1.55 bits per heavy atom. The van der Waals surface area contributed by atoms with Crippen LogP contribution in [0.25, 0.3) is 10.9 Å². The van der Waals surface area contributed by atoms with Crippen molar-refractivity contribution >= 4 is 52.4 Å². The minimum absolute atomic E-state index is 0.0570. The Bertz CT molecular complexity index is 1600. The van der Waals surface area contributed by atoms with Crippen LogP contribution in [0.15, 0.2) is 30.5 Å². The zero-order valence-electron chi connectivity index (χ0n) is 28.5. The molecule has 4 rings (SSSR count). The maximum absolute atomic E-state index is 14.1. The van der Waals surface area contributed by atoms with Crippen LogP contribution in [0.5, 0.6) is 0 Å². The van der Waals surface area contributed by atoms with E-state index in [1.54, 1.807) is 48.9 Å². The first kappa shape index (κ1) is 36.9. The molecule has 5 amide bonds. The molecule has 0 saturated carbocycles. The number of para-hydroxylation sites is 1. The molecule has 15 nitrogen and oxygen atoms in total. The summed E-state index contributed by atoms with van der Waals surface area (Å²) in [7, 11) is 1.27. The fourth-order valence-corrected chi connectivity index (χ4v) is 6.42. The summed E-state index contributed by atoms with van der Waals surface area (Å²) < 4.78 is 6.50. The number of fused-ring (bicyclic) bond motifs is 2. The van der Waals surface area contributed by atoms with Gasteiger partial charge in [0.05, 0.1) is 13.5 Å². The smallest absolute Gasteiger partial charge is 0.325 e. The van der Waals surface area contributed by atoms with Crippen LogP contribution in [0.3, 0.4) is 0 Å². The molecule has 2 aliphatic rings. The standard InChI is InChI=1S/C34H46N6O9/c1-18(2)13-22-30(44)35-23(14-20-16-39(17-28(43)49-5)25-10-7-6-9-21(20)25)31(45)37-24(15-27(41)42)34(48)40-12-8-11-26(40)32(46)38-29(19(3)4)33(47)36-22/h6-7,9-10,16,18-19,22-24,26,29H,8,11-15,17H2,1-5H3,(H,35,44)(H,36,47)(H,37,45)(H,38,46)(H,41,42)/t22-,23+,24+,26-,29+/m0/s1. The van der Waals surface area contributed by atoms with E-state index in [2.05, 4.69) is 21.3 Å². The molecule has 2 fully saturated rings. The second-order valence-electron chi connectivity index (χ2n) is 13.4. The molecule has 0 aliphatic carbocycles. The van der Waals surface area contributed by atoms with E-state index in [0.717, 1.165) is 0 Å². The van der Waals surface area contributed by atoms with Crippen LogP contribution in [0.1, 0.15) is 58.9 Å². The third kappa shape index (κ3) is 8.95. The highest BCUT2D eigenvalue weighted by atomic mass is 16.5. The molecule has 5 atom stereocenters. The molecule has 0 radical (unpaired) electrons. The molecule has 5 N–H and O–H groups in total. The average Bonchev–Trinajstić information content (AvgIpc) is 3.66. The van der Waals surface area contributed by atoms with Crippen molar-refractivity contribution in [3.8, 4) is 0 Å². The third-order valence-corrected chi connectivity index (χ3v) is 8.87. The van der Waals surface area contributed by atoms with Crippen LogP contribution in [-0.2, 0) is 51.3 Å². The van der Waals surface area contributed by atoms with Crippen LogP contribution in [0.4, 0.5) is 0 Å². The lowest BCUT2D eigenvalue weighted by Gasteiger charge is -2.30. The summed E-state index contributed by atoms with van der Waals surface area (Å²) in [6.45, 7) is 7.26. The molecule has 0 bridgehead atoms. The summed E-state index contributed by atoms with van der Waals surface area (Å²) in [6, 6.07) is 1.17. The van der Waals surface area contributed by atoms with Crippen molar-refractivity contribution in [1.29, 1.82) is 0 Å². The number of carboxylic acids is 1. The molecule has 0 unspecified atom stereocenters. The normalized spacial score (nSPS) is 24.1. The van der Waals surface area contributed by atoms with E-state index in [1.807, 2.05) is 13.8 Å².